The van der Waals surface area contributed by atoms with Gasteiger partial charge in [-0.1, -0.05) is 52.6 Å². The summed E-state index contributed by atoms with van der Waals surface area (Å²) in [6, 6.07) is 12.9. The summed E-state index contributed by atoms with van der Waals surface area (Å²) in [5, 5.41) is 8.44. The molecule has 39 heavy (non-hydrogen) atoms. The number of benzene rings is 2. The standard InChI is InChI=1S/C25H18Cl2F5N5O2/c1-12(34-21-20(19(27)9-10-33-21)36-23(38)24(28,29)25(30,31)32)14-3-5-15(6-4-14)18-11-16(26)7-8-17(18)22-35-13(2)37-39-22/h3-12H,1-2H3,(H,33,34)(H,36,38). The smallest absolute Gasteiger partial charge is 0.362 e. The number of alkyl halides is 5. The summed E-state index contributed by atoms with van der Waals surface area (Å²) < 4.78 is 70.2. The van der Waals surface area contributed by atoms with Crippen LogP contribution in [0.3, 0.4) is 0 Å². The lowest BCUT2D eigenvalue weighted by Gasteiger charge is -2.22. The van der Waals surface area contributed by atoms with Crippen molar-refractivity contribution in [1.29, 1.82) is 0 Å². The minimum atomic E-state index is -6.08. The van der Waals surface area contributed by atoms with Crippen LogP contribution in [0.25, 0.3) is 22.6 Å². The molecule has 14 heteroatoms. The number of rotatable bonds is 7. The van der Waals surface area contributed by atoms with Crippen molar-refractivity contribution in [3.05, 3.63) is 76.2 Å². The number of amides is 1. The largest absolute Gasteiger partial charge is 0.463 e. The molecule has 2 N–H and O–H groups in total. The Bertz CT molecular complexity index is 1510. The fourth-order valence-corrected chi connectivity index (χ4v) is 3.94. The van der Waals surface area contributed by atoms with E-state index in [2.05, 4.69) is 20.4 Å². The third-order valence-corrected chi connectivity index (χ3v) is 6.14. The summed E-state index contributed by atoms with van der Waals surface area (Å²) in [5.74, 6) is -7.64. The molecule has 1 atom stereocenters. The van der Waals surface area contributed by atoms with Gasteiger partial charge in [-0.05, 0) is 54.8 Å². The average Bonchev–Trinajstić information content (AvgIpc) is 3.31. The molecule has 7 nitrogen and oxygen atoms in total. The van der Waals surface area contributed by atoms with Crippen LogP contribution in [0.15, 0.2) is 59.3 Å². The molecule has 0 saturated carbocycles. The van der Waals surface area contributed by atoms with Gasteiger partial charge < -0.3 is 15.2 Å². The van der Waals surface area contributed by atoms with Crippen molar-refractivity contribution in [3.63, 3.8) is 0 Å². The van der Waals surface area contributed by atoms with Crippen molar-refractivity contribution in [2.45, 2.75) is 32.0 Å². The summed E-state index contributed by atoms with van der Waals surface area (Å²) in [4.78, 5) is 20.0. The first-order chi connectivity index (χ1) is 18.3. The molecule has 0 fully saturated rings. The Morgan fingerprint density at radius 2 is 1.69 bits per heavy atom. The van der Waals surface area contributed by atoms with Crippen LogP contribution in [0.5, 0.6) is 0 Å². The van der Waals surface area contributed by atoms with Gasteiger partial charge in [0.2, 0.25) is 0 Å². The molecular formula is C25H18Cl2F5N5O2. The number of nitrogens with zero attached hydrogens (tertiary/aromatic N) is 3. The number of hydrogen-bond acceptors (Lipinski definition) is 6. The maximum Gasteiger partial charge on any atom is 0.463 e. The molecule has 2 heterocycles. The molecule has 0 saturated heterocycles. The molecule has 4 aromatic rings. The van der Waals surface area contributed by atoms with Crippen molar-refractivity contribution < 1.29 is 31.3 Å². The Kier molecular flexibility index (Phi) is 7.80. The number of hydrogen-bond donors (Lipinski definition) is 2. The van der Waals surface area contributed by atoms with Gasteiger partial charge >= 0.3 is 18.0 Å². The maximum atomic E-state index is 13.5. The first-order valence-corrected chi connectivity index (χ1v) is 11.9. The SMILES string of the molecule is Cc1noc(-c2ccc(Cl)cc2-c2ccc(C(C)Nc3nccc(Cl)c3NC(=O)C(F)(F)C(F)(F)F)cc2)n1. The number of halogens is 7. The van der Waals surface area contributed by atoms with Gasteiger partial charge in [-0.25, -0.2) is 4.98 Å². The number of aromatic nitrogens is 3. The quantitative estimate of drug-likeness (QED) is 0.216. The maximum absolute atomic E-state index is 13.5. The van der Waals surface area contributed by atoms with Crippen molar-refractivity contribution in [1.82, 2.24) is 15.1 Å². The highest BCUT2D eigenvalue weighted by Crippen LogP contribution is 2.39. The Morgan fingerprint density at radius 1 is 1.00 bits per heavy atom. The van der Waals surface area contributed by atoms with Crippen LogP contribution in [-0.2, 0) is 4.79 Å². The van der Waals surface area contributed by atoms with Gasteiger partial charge in [0.05, 0.1) is 11.1 Å². The van der Waals surface area contributed by atoms with Gasteiger partial charge in [0.25, 0.3) is 5.89 Å². The van der Waals surface area contributed by atoms with E-state index in [4.69, 9.17) is 27.7 Å². The number of carbonyl (C=O) groups excluding carboxylic acids is 1. The molecule has 2 aromatic heterocycles. The Hall–Kier alpha value is -3.77. The predicted molar refractivity (Wildman–Crippen MR) is 136 cm³/mol. The predicted octanol–water partition coefficient (Wildman–Crippen LogP) is 7.72. The van der Waals surface area contributed by atoms with Crippen LogP contribution in [0.2, 0.25) is 10.0 Å². The van der Waals surface area contributed by atoms with Crippen LogP contribution < -0.4 is 10.6 Å². The summed E-state index contributed by atoms with van der Waals surface area (Å²) in [7, 11) is 0. The molecule has 0 spiro atoms. The van der Waals surface area contributed by atoms with E-state index in [-0.39, 0.29) is 10.8 Å². The molecule has 0 radical (unpaired) electrons. The highest BCUT2D eigenvalue weighted by molar-refractivity contribution is 6.34. The first-order valence-electron chi connectivity index (χ1n) is 11.2. The summed E-state index contributed by atoms with van der Waals surface area (Å²) in [5.41, 5.74) is 2.33. The van der Waals surface area contributed by atoms with Crippen molar-refractivity contribution in [3.8, 4) is 22.6 Å². The van der Waals surface area contributed by atoms with Crippen molar-refractivity contribution in [2.24, 2.45) is 0 Å². The van der Waals surface area contributed by atoms with E-state index in [1.54, 1.807) is 61.6 Å². The second-order valence-electron chi connectivity index (χ2n) is 8.37. The van der Waals surface area contributed by atoms with Gasteiger partial charge in [0.1, 0.15) is 5.69 Å². The lowest BCUT2D eigenvalue weighted by Crippen LogP contribution is -2.47. The van der Waals surface area contributed by atoms with E-state index in [0.717, 1.165) is 17.2 Å². The molecule has 0 aliphatic heterocycles. The molecule has 0 bridgehead atoms. The summed E-state index contributed by atoms with van der Waals surface area (Å²) in [6.07, 6.45) is -4.88. The van der Waals surface area contributed by atoms with E-state index in [9.17, 15) is 26.7 Å². The van der Waals surface area contributed by atoms with Gasteiger partial charge in [-0.2, -0.15) is 26.9 Å². The number of pyridine rings is 1. The molecule has 1 unspecified atom stereocenters. The van der Waals surface area contributed by atoms with Gasteiger partial charge in [-0.15, -0.1) is 0 Å². The van der Waals surface area contributed by atoms with Crippen LogP contribution in [0.1, 0.15) is 24.4 Å². The minimum Gasteiger partial charge on any atom is -0.362 e. The van der Waals surface area contributed by atoms with Crippen LogP contribution >= 0.6 is 23.2 Å². The first kappa shape index (κ1) is 28.2. The molecule has 0 aliphatic carbocycles. The highest BCUT2D eigenvalue weighted by atomic mass is 35.5. The Morgan fingerprint density at radius 3 is 2.31 bits per heavy atom. The zero-order chi connectivity index (χ0) is 28.5. The van der Waals surface area contributed by atoms with Gasteiger partial charge in [-0.3, -0.25) is 4.79 Å². The second-order valence-corrected chi connectivity index (χ2v) is 9.21. The highest BCUT2D eigenvalue weighted by Gasteiger charge is 2.63. The number of nitrogens with one attached hydrogen (secondary N) is 2. The number of aryl methyl sites for hydroxylation is 1. The molecule has 1 amide bonds. The molecule has 2 aromatic carbocycles. The van der Waals surface area contributed by atoms with E-state index in [1.165, 1.54) is 6.20 Å². The monoisotopic (exact) mass is 585 g/mol. The number of anilines is 2. The van der Waals surface area contributed by atoms with Crippen molar-refractivity contribution in [2.75, 3.05) is 10.6 Å². The number of carbonyl (C=O) groups is 1. The summed E-state index contributed by atoms with van der Waals surface area (Å²) in [6.45, 7) is 3.39. The molecule has 0 aliphatic rings. The fraction of sp³-hybridized carbons (Fsp3) is 0.200. The average molecular weight is 586 g/mol. The van der Waals surface area contributed by atoms with Crippen LogP contribution in [-0.4, -0.2) is 33.1 Å². The van der Waals surface area contributed by atoms with E-state index < -0.39 is 29.7 Å². The normalized spacial score (nSPS) is 12.7. The zero-order valence-corrected chi connectivity index (χ0v) is 21.6. The Balaban J connectivity index is 1.58. The van der Waals surface area contributed by atoms with Gasteiger partial charge in [0.15, 0.2) is 11.6 Å². The van der Waals surface area contributed by atoms with E-state index in [1.807, 2.05) is 0 Å². The zero-order valence-electron chi connectivity index (χ0n) is 20.1. The van der Waals surface area contributed by atoms with E-state index >= 15 is 0 Å². The molecular weight excluding hydrogens is 568 g/mol. The van der Waals surface area contributed by atoms with Crippen LogP contribution in [0, 0.1) is 6.92 Å². The van der Waals surface area contributed by atoms with Gasteiger partial charge in [0, 0.05) is 16.8 Å². The second kappa shape index (κ2) is 10.8. The van der Waals surface area contributed by atoms with E-state index in [0.29, 0.717) is 27.9 Å². The molecule has 4 rings (SSSR count). The third kappa shape index (κ3) is 5.96. The third-order valence-electron chi connectivity index (χ3n) is 5.59. The van der Waals surface area contributed by atoms with Crippen LogP contribution in [0.4, 0.5) is 33.5 Å². The fourth-order valence-electron chi connectivity index (χ4n) is 3.58. The topological polar surface area (TPSA) is 92.9 Å². The lowest BCUT2D eigenvalue weighted by atomic mass is 9.97. The lowest BCUT2D eigenvalue weighted by molar-refractivity contribution is -0.267. The summed E-state index contributed by atoms with van der Waals surface area (Å²) >= 11 is 12.2. The minimum absolute atomic E-state index is 0.200. The Labute approximate surface area is 228 Å². The molecule has 204 valence electrons. The van der Waals surface area contributed by atoms with Crippen molar-refractivity contribution >= 4 is 40.6 Å².